The van der Waals surface area contributed by atoms with E-state index in [1.54, 1.807) is 0 Å². The predicted molar refractivity (Wildman–Crippen MR) is 279 cm³/mol. The van der Waals surface area contributed by atoms with Gasteiger partial charge in [-0.25, -0.2) is 0 Å². The van der Waals surface area contributed by atoms with Crippen molar-refractivity contribution in [1.82, 2.24) is 9.13 Å². The quantitative estimate of drug-likeness (QED) is 0.158. The molecule has 7 aromatic carbocycles. The molecular formula is C62H68N2. The van der Waals surface area contributed by atoms with Gasteiger partial charge in [0.25, 0.3) is 0 Å². The van der Waals surface area contributed by atoms with Crippen LogP contribution in [0, 0.1) is 0 Å². The molecule has 2 nitrogen and oxygen atoms in total. The fourth-order valence-electron chi connectivity index (χ4n) is 10.5. The fraction of sp³-hybridized carbons (Fsp3) is 0.323. The zero-order valence-corrected chi connectivity index (χ0v) is 41.0. The fourth-order valence-corrected chi connectivity index (χ4v) is 10.5. The molecule has 0 unspecified atom stereocenters. The minimum absolute atomic E-state index is 0.00808. The smallest absolute Gasteiger partial charge is 0.0619 e. The van der Waals surface area contributed by atoms with Crippen molar-refractivity contribution in [2.24, 2.45) is 0 Å². The van der Waals surface area contributed by atoms with E-state index in [9.17, 15) is 0 Å². The first-order valence-electron chi connectivity index (χ1n) is 23.5. The largest absolute Gasteiger partial charge is 0.309 e. The number of benzene rings is 7. The highest BCUT2D eigenvalue weighted by Gasteiger charge is 2.31. The van der Waals surface area contributed by atoms with Gasteiger partial charge in [0.05, 0.1) is 27.8 Å². The molecule has 0 spiro atoms. The zero-order chi connectivity index (χ0) is 45.7. The normalized spacial score (nSPS) is 13.2. The Labute approximate surface area is 383 Å². The molecule has 0 aliphatic carbocycles. The first-order chi connectivity index (χ1) is 30.0. The molecule has 0 amide bonds. The van der Waals surface area contributed by atoms with Crippen LogP contribution in [0.4, 0.5) is 0 Å². The van der Waals surface area contributed by atoms with Crippen molar-refractivity contribution in [2.45, 2.75) is 130 Å². The van der Waals surface area contributed by atoms with E-state index in [1.165, 1.54) is 99.5 Å². The molecule has 0 aliphatic heterocycles. The minimum Gasteiger partial charge on any atom is -0.309 e. The molecular weight excluding hydrogens is 773 g/mol. The summed E-state index contributed by atoms with van der Waals surface area (Å²) in [5.74, 6) is 0. The SMILES string of the molecule is CC(C)(C)c1ccc2c3ccc(C(C)(C)Cc4ccc5c6cccc(-c7ccccc7)c6n(-c6ccccc6C(C)(C)C)c5c4)cc3n(-c3cccc(C(C)(C)C)c3C(C)(C)C)c2c1. The highest BCUT2D eigenvalue weighted by Crippen LogP contribution is 2.45. The molecule has 0 N–H and O–H groups in total. The van der Waals surface area contributed by atoms with Gasteiger partial charge in [-0.2, -0.15) is 0 Å². The van der Waals surface area contributed by atoms with Gasteiger partial charge >= 0.3 is 0 Å². The Morgan fingerprint density at radius 2 is 0.906 bits per heavy atom. The standard InChI is InChI=1S/C62H68N2/c1-58(2,3)42-31-34-45-46-35-32-43(38-55(46)63(54(45)37-42)52-29-21-27-50(60(7,8)9)56(52)61(10,11)12)62(13,14)39-40-30-33-47-48-25-20-24-44(41-22-16-15-17-23-41)57(48)64(53(47)36-40)51-28-19-18-26-49(51)59(4,5)6/h15-38H,39H2,1-14H3. The van der Waals surface area contributed by atoms with Gasteiger partial charge in [-0.05, 0) is 103 Å². The van der Waals surface area contributed by atoms with Crippen LogP contribution < -0.4 is 0 Å². The molecule has 0 atom stereocenters. The first-order valence-corrected chi connectivity index (χ1v) is 23.5. The van der Waals surface area contributed by atoms with E-state index in [4.69, 9.17) is 0 Å². The summed E-state index contributed by atoms with van der Waals surface area (Å²) in [6.45, 7) is 33.0. The topological polar surface area (TPSA) is 9.86 Å². The van der Waals surface area contributed by atoms with Crippen LogP contribution in [0.3, 0.4) is 0 Å². The van der Waals surface area contributed by atoms with Crippen molar-refractivity contribution < 1.29 is 0 Å². The summed E-state index contributed by atoms with van der Waals surface area (Å²) in [6.07, 6.45) is 0.892. The summed E-state index contributed by atoms with van der Waals surface area (Å²) >= 11 is 0. The number of rotatable bonds is 6. The minimum atomic E-state index is -0.171. The van der Waals surface area contributed by atoms with E-state index in [0.717, 1.165) is 6.42 Å². The lowest BCUT2D eigenvalue weighted by Crippen LogP contribution is -2.24. The van der Waals surface area contributed by atoms with E-state index >= 15 is 0 Å². The Morgan fingerprint density at radius 3 is 1.55 bits per heavy atom. The van der Waals surface area contributed by atoms with Crippen LogP contribution in [0.1, 0.15) is 130 Å². The lowest BCUT2D eigenvalue weighted by molar-refractivity contribution is 0.523. The van der Waals surface area contributed by atoms with Gasteiger partial charge in [0.15, 0.2) is 0 Å². The van der Waals surface area contributed by atoms with Gasteiger partial charge in [-0.3, -0.25) is 0 Å². The van der Waals surface area contributed by atoms with Crippen molar-refractivity contribution in [2.75, 3.05) is 0 Å². The number of aromatic nitrogens is 2. The maximum atomic E-state index is 2.61. The molecule has 0 bridgehead atoms. The van der Waals surface area contributed by atoms with E-state index in [-0.39, 0.29) is 27.1 Å². The second-order valence-corrected chi connectivity index (χ2v) is 23.3. The lowest BCUT2D eigenvalue weighted by Gasteiger charge is -2.33. The second-order valence-electron chi connectivity index (χ2n) is 23.3. The van der Waals surface area contributed by atoms with Crippen LogP contribution in [0.2, 0.25) is 0 Å². The van der Waals surface area contributed by atoms with Gasteiger partial charge in [0.2, 0.25) is 0 Å². The Balaban J connectivity index is 1.25. The van der Waals surface area contributed by atoms with Crippen LogP contribution in [0.15, 0.2) is 146 Å². The molecule has 0 saturated carbocycles. The summed E-state index contributed by atoms with van der Waals surface area (Å²) in [4.78, 5) is 0. The monoisotopic (exact) mass is 841 g/mol. The van der Waals surface area contributed by atoms with E-state index in [2.05, 4.69) is 252 Å². The average molecular weight is 841 g/mol. The van der Waals surface area contributed by atoms with Crippen LogP contribution >= 0.6 is 0 Å². The summed E-state index contributed by atoms with van der Waals surface area (Å²) in [5, 5.41) is 5.17. The van der Waals surface area contributed by atoms with Gasteiger partial charge in [0, 0.05) is 32.8 Å². The molecule has 2 aromatic heterocycles. The Kier molecular flexibility index (Phi) is 10.3. The molecule has 64 heavy (non-hydrogen) atoms. The van der Waals surface area contributed by atoms with Crippen LogP contribution in [-0.2, 0) is 33.5 Å². The van der Waals surface area contributed by atoms with Crippen molar-refractivity contribution in [1.29, 1.82) is 0 Å². The summed E-state index contributed by atoms with van der Waals surface area (Å²) in [5.41, 5.74) is 18.0. The first kappa shape index (κ1) is 43.4. The van der Waals surface area contributed by atoms with Crippen LogP contribution in [0.25, 0.3) is 66.1 Å². The maximum absolute atomic E-state index is 2.61. The third-order valence-electron chi connectivity index (χ3n) is 13.8. The predicted octanol–water partition coefficient (Wildman–Crippen LogP) is 17.3. The van der Waals surface area contributed by atoms with Gasteiger partial charge < -0.3 is 9.13 Å². The Bertz CT molecular complexity index is 3230. The summed E-state index contributed by atoms with van der Waals surface area (Å²) < 4.78 is 5.18. The molecule has 326 valence electrons. The average Bonchev–Trinajstić information content (AvgIpc) is 3.74. The van der Waals surface area contributed by atoms with Crippen molar-refractivity contribution in [3.63, 3.8) is 0 Å². The summed E-state index contributed by atoms with van der Waals surface area (Å²) in [6, 6.07) is 55.5. The van der Waals surface area contributed by atoms with E-state index < -0.39 is 0 Å². The second kappa shape index (κ2) is 15.1. The molecule has 0 radical (unpaired) electrons. The number of hydrogen-bond donors (Lipinski definition) is 0. The summed E-state index contributed by atoms with van der Waals surface area (Å²) in [7, 11) is 0. The number of hydrogen-bond acceptors (Lipinski definition) is 0. The van der Waals surface area contributed by atoms with Crippen molar-refractivity contribution >= 4 is 43.6 Å². The Morgan fingerprint density at radius 1 is 0.375 bits per heavy atom. The van der Waals surface area contributed by atoms with Crippen molar-refractivity contribution in [3.05, 3.63) is 179 Å². The maximum Gasteiger partial charge on any atom is 0.0619 e. The molecule has 0 saturated heterocycles. The number of para-hydroxylation sites is 2. The highest BCUT2D eigenvalue weighted by molar-refractivity contribution is 6.14. The van der Waals surface area contributed by atoms with Gasteiger partial charge in [0.1, 0.15) is 0 Å². The van der Waals surface area contributed by atoms with Crippen LogP contribution in [-0.4, -0.2) is 9.13 Å². The molecule has 2 heteroatoms. The van der Waals surface area contributed by atoms with E-state index in [1.807, 2.05) is 0 Å². The zero-order valence-electron chi connectivity index (χ0n) is 41.0. The van der Waals surface area contributed by atoms with Gasteiger partial charge in [-0.15, -0.1) is 0 Å². The Hall–Kier alpha value is -5.86. The van der Waals surface area contributed by atoms with Gasteiger partial charge in [-0.1, -0.05) is 212 Å². The molecule has 2 heterocycles. The highest BCUT2D eigenvalue weighted by atomic mass is 15.0. The molecule has 9 rings (SSSR count). The third kappa shape index (κ3) is 7.47. The molecule has 0 fully saturated rings. The van der Waals surface area contributed by atoms with E-state index in [0.29, 0.717) is 0 Å². The number of fused-ring (bicyclic) bond motifs is 6. The van der Waals surface area contributed by atoms with Crippen molar-refractivity contribution in [3.8, 4) is 22.5 Å². The number of nitrogens with zero attached hydrogens (tertiary/aromatic N) is 2. The molecule has 0 aliphatic rings. The lowest BCUT2D eigenvalue weighted by atomic mass is 9.74. The third-order valence-corrected chi connectivity index (χ3v) is 13.8. The van der Waals surface area contributed by atoms with Crippen LogP contribution in [0.5, 0.6) is 0 Å². The molecule has 9 aromatic rings.